The van der Waals surface area contributed by atoms with Crippen molar-refractivity contribution in [3.8, 4) is 23.0 Å². The molecule has 0 radical (unpaired) electrons. The second-order valence-electron chi connectivity index (χ2n) is 26.1. The molecule has 0 saturated heterocycles. The normalized spacial score (nSPS) is 17.4. The van der Waals surface area contributed by atoms with E-state index in [0.717, 1.165) is 27.4 Å². The molecule has 32 nitrogen and oxygen atoms in total. The number of imide groups is 1. The van der Waals surface area contributed by atoms with Gasteiger partial charge in [-0.3, -0.25) is 48.8 Å². The molecule has 586 valence electrons. The Morgan fingerprint density at radius 2 is 1.12 bits per heavy atom. The molecule has 5 heterocycles. The molecule has 6 atom stereocenters. The highest BCUT2D eigenvalue weighted by Gasteiger charge is 2.45. The molecule has 8 rings (SSSR count). The van der Waals surface area contributed by atoms with E-state index in [4.69, 9.17) is 61.6 Å². The van der Waals surface area contributed by atoms with Gasteiger partial charge in [0.05, 0.1) is 168 Å². The Morgan fingerprint density at radius 3 is 1.69 bits per heavy atom. The van der Waals surface area contributed by atoms with Gasteiger partial charge >= 0.3 is 6.09 Å². The van der Waals surface area contributed by atoms with Crippen LogP contribution in [0, 0.1) is 5.92 Å². The van der Waals surface area contributed by atoms with Crippen LogP contribution in [0.3, 0.4) is 0 Å². The number of fused-ring (bicyclic) bond motifs is 4. The Morgan fingerprint density at radius 1 is 0.598 bits per heavy atom. The van der Waals surface area contributed by atoms with Gasteiger partial charge in [0.2, 0.25) is 17.7 Å². The summed E-state index contributed by atoms with van der Waals surface area (Å²) in [7, 11) is 2.96. The smallest absolute Gasteiger partial charge is 0.416 e. The third-order valence-corrected chi connectivity index (χ3v) is 17.6. The molecular weight excluding hydrogens is 1390 g/mol. The average molecular weight is 1500 g/mol. The minimum absolute atomic E-state index is 0.0132. The standard InChI is InChI=1S/C75H103N9O23/c1-49(2)69(80-66(86)18-23-97-25-27-99-29-31-101-33-35-103-37-38-104-36-34-102-32-30-100-28-26-98-24-19-76-65(85)17-20-81-67(87)15-16-68(81)88)71(90)78-52(5)70(89)79-54-13-11-53(12-14-54)48-107-75(94)84-59-44-64(62(96-7)42-57(59)73(92)83-47-51(4)40-60(83)74(84)93)106-22-10-8-9-21-105-63-43-58-56(41-61(63)95-6)72(91)82-46-50(3)39-55(82)45-77-58/h11-16,41-47,49,52,55,60,65,69,74,76,85,93H,8-10,17-40,48H2,1-7H3,(H,78,90)(H,79,89)(H,80,86)/t52-,55-,60-,65?,69-,74-/m0/s1. The summed E-state index contributed by atoms with van der Waals surface area (Å²) in [6, 6.07) is 9.94. The predicted molar refractivity (Wildman–Crippen MR) is 389 cm³/mol. The van der Waals surface area contributed by atoms with Crippen molar-refractivity contribution in [3.63, 3.8) is 0 Å². The van der Waals surface area contributed by atoms with Crippen molar-refractivity contribution in [1.29, 1.82) is 0 Å². The van der Waals surface area contributed by atoms with Crippen molar-refractivity contribution in [2.45, 2.75) is 123 Å². The Labute approximate surface area is 623 Å². The topological polar surface area (TPSA) is 370 Å². The third-order valence-electron chi connectivity index (χ3n) is 17.6. The lowest BCUT2D eigenvalue weighted by Gasteiger charge is -2.31. The van der Waals surface area contributed by atoms with Crippen LogP contribution in [0.4, 0.5) is 21.9 Å². The summed E-state index contributed by atoms with van der Waals surface area (Å²) in [5, 5.41) is 33.0. The van der Waals surface area contributed by atoms with E-state index in [1.807, 2.05) is 20.0 Å². The minimum atomic E-state index is -1.53. The van der Waals surface area contributed by atoms with Crippen LogP contribution in [0.2, 0.25) is 0 Å². The number of aliphatic hydroxyl groups is 2. The Bertz CT molecular complexity index is 3570. The third kappa shape index (κ3) is 25.6. The van der Waals surface area contributed by atoms with Crippen LogP contribution >= 0.6 is 0 Å². The molecular formula is C75H103N9O23. The SMILES string of the molecule is COc1cc2c(cc1OCCCCCOc1cc3c(cc1OC)C(=O)N1C=C(C)C[C@H]1[C@H](O)N3C(=O)OCc1ccc(NC(=O)[C@H](C)NC(=O)[C@@H](NC(=O)CCOCCOCCOCCOCCOCCOCCOCCOCCNC(O)CCN3C(=O)C=CC3=O)C(C)C)cc1)N=C[C@@H]1CC(C)=CN1C2=O. The van der Waals surface area contributed by atoms with Gasteiger partial charge in [-0.25, -0.2) is 9.69 Å². The molecule has 3 aromatic carbocycles. The highest BCUT2D eigenvalue weighted by molar-refractivity contribution is 6.13. The molecule has 0 saturated carbocycles. The summed E-state index contributed by atoms with van der Waals surface area (Å²) in [5.74, 6) is -1.81. The van der Waals surface area contributed by atoms with Crippen LogP contribution < -0.4 is 45.1 Å². The number of unbranched alkanes of at least 4 members (excludes halogenated alkanes) is 2. The first-order valence-corrected chi connectivity index (χ1v) is 36.2. The van der Waals surface area contributed by atoms with E-state index in [1.165, 1.54) is 50.3 Å². The maximum Gasteiger partial charge on any atom is 0.416 e. The highest BCUT2D eigenvalue weighted by Crippen LogP contribution is 2.43. The number of ether oxygens (including phenoxy) is 13. The van der Waals surface area contributed by atoms with E-state index in [-0.39, 0.29) is 105 Å². The Kier molecular flexibility index (Phi) is 34.2. The zero-order valence-electron chi connectivity index (χ0n) is 62.0. The number of rotatable bonds is 49. The van der Waals surface area contributed by atoms with Gasteiger partial charge in [-0.15, -0.1) is 0 Å². The number of nitrogens with zero attached hydrogens (tertiary/aromatic N) is 5. The van der Waals surface area contributed by atoms with Crippen molar-refractivity contribution in [2.75, 3.05) is 156 Å². The van der Waals surface area contributed by atoms with Gasteiger partial charge in [0.15, 0.2) is 29.2 Å². The van der Waals surface area contributed by atoms with Crippen LogP contribution in [-0.4, -0.2) is 261 Å². The molecule has 5 aliphatic heterocycles. The van der Waals surface area contributed by atoms with E-state index in [0.29, 0.717) is 159 Å². The number of methoxy groups -OCH3 is 2. The number of aliphatic hydroxyl groups excluding tert-OH is 2. The van der Waals surface area contributed by atoms with E-state index < -0.39 is 60.3 Å². The first-order valence-electron chi connectivity index (χ1n) is 36.2. The van der Waals surface area contributed by atoms with Gasteiger partial charge < -0.3 is 97.5 Å². The van der Waals surface area contributed by atoms with Crippen molar-refractivity contribution >= 4 is 70.7 Å². The van der Waals surface area contributed by atoms with E-state index in [2.05, 4.69) is 26.3 Å². The van der Waals surface area contributed by atoms with Crippen LogP contribution in [0.25, 0.3) is 0 Å². The number of anilines is 2. The van der Waals surface area contributed by atoms with Crippen LogP contribution in [-0.2, 0) is 73.2 Å². The monoisotopic (exact) mass is 1500 g/mol. The number of hydrogen-bond donors (Lipinski definition) is 6. The zero-order valence-corrected chi connectivity index (χ0v) is 62.0. The molecule has 0 aliphatic carbocycles. The van der Waals surface area contributed by atoms with Crippen molar-refractivity contribution in [3.05, 3.63) is 101 Å². The lowest BCUT2D eigenvalue weighted by molar-refractivity contribution is -0.137. The average Bonchev–Trinajstić information content (AvgIpc) is 1.63. The van der Waals surface area contributed by atoms with Crippen molar-refractivity contribution in [2.24, 2.45) is 10.9 Å². The number of carbonyl (C=O) groups is 8. The summed E-state index contributed by atoms with van der Waals surface area (Å²) in [4.78, 5) is 115. The fourth-order valence-corrected chi connectivity index (χ4v) is 11.8. The summed E-state index contributed by atoms with van der Waals surface area (Å²) in [6.07, 6.45) is 7.54. The van der Waals surface area contributed by atoms with Gasteiger partial charge in [0.1, 0.15) is 24.9 Å². The lowest BCUT2D eigenvalue weighted by Crippen LogP contribution is -2.53. The number of carbonyl (C=O) groups excluding carboxylic acids is 8. The van der Waals surface area contributed by atoms with Gasteiger partial charge in [0, 0.05) is 74.5 Å². The Hall–Kier alpha value is -8.93. The van der Waals surface area contributed by atoms with E-state index in [1.54, 1.807) is 67.6 Å². The number of benzene rings is 3. The summed E-state index contributed by atoms with van der Waals surface area (Å²) >= 11 is 0. The molecule has 32 heteroatoms. The molecule has 0 bridgehead atoms. The molecule has 5 aliphatic rings. The van der Waals surface area contributed by atoms with E-state index >= 15 is 0 Å². The number of aliphatic imine (C=N–C) groups is 1. The highest BCUT2D eigenvalue weighted by atomic mass is 16.6. The number of amides is 8. The lowest BCUT2D eigenvalue weighted by atomic mass is 10.0. The Balaban J connectivity index is 0.649. The minimum Gasteiger partial charge on any atom is -0.493 e. The number of hydrogen-bond acceptors (Lipinski definition) is 25. The quantitative estimate of drug-likeness (QED) is 0.0243. The van der Waals surface area contributed by atoms with Crippen LogP contribution in [0.1, 0.15) is 106 Å². The summed E-state index contributed by atoms with van der Waals surface area (Å²) < 4.78 is 73.6. The number of nitrogens with one attached hydrogen (secondary N) is 4. The maximum absolute atomic E-state index is 14.3. The molecule has 1 unspecified atom stereocenters. The van der Waals surface area contributed by atoms with Crippen LogP contribution in [0.15, 0.2) is 89.2 Å². The zero-order chi connectivity index (χ0) is 76.6. The first kappa shape index (κ1) is 83.7. The van der Waals surface area contributed by atoms with Gasteiger partial charge in [-0.1, -0.05) is 37.1 Å². The summed E-state index contributed by atoms with van der Waals surface area (Å²) in [6.45, 7) is 15.3. The largest absolute Gasteiger partial charge is 0.493 e. The van der Waals surface area contributed by atoms with E-state index in [9.17, 15) is 48.6 Å². The summed E-state index contributed by atoms with van der Waals surface area (Å²) in [5.41, 5.74) is 3.92. The van der Waals surface area contributed by atoms with Gasteiger partial charge in [0.25, 0.3) is 23.6 Å². The van der Waals surface area contributed by atoms with Gasteiger partial charge in [-0.05, 0) is 88.6 Å². The fourth-order valence-electron chi connectivity index (χ4n) is 11.8. The molecule has 0 spiro atoms. The van der Waals surface area contributed by atoms with Crippen molar-refractivity contribution < 1.29 is 110 Å². The second-order valence-corrected chi connectivity index (χ2v) is 26.1. The fraction of sp³-hybridized carbons (Fsp3) is 0.560. The second kappa shape index (κ2) is 43.8. The van der Waals surface area contributed by atoms with Crippen LogP contribution in [0.5, 0.6) is 23.0 Å². The van der Waals surface area contributed by atoms with Crippen molar-refractivity contribution in [1.82, 2.24) is 30.7 Å². The molecule has 0 aromatic heterocycles. The molecule has 6 N–H and O–H groups in total. The molecule has 0 fully saturated rings. The first-order chi connectivity index (χ1) is 51.7. The molecule has 107 heavy (non-hydrogen) atoms. The van der Waals surface area contributed by atoms with Gasteiger partial charge in [-0.2, -0.15) is 0 Å². The maximum atomic E-state index is 14.3. The molecule has 8 amide bonds. The molecule has 3 aromatic rings. The predicted octanol–water partition coefficient (Wildman–Crippen LogP) is 5.09.